The molecule has 1 aliphatic rings. The second-order valence-electron chi connectivity index (χ2n) is 5.08. The molecule has 2 rings (SSSR count). The largest absolute Gasteiger partial charge is 0.240 e. The maximum absolute atomic E-state index is 12.1. The minimum Gasteiger partial charge on any atom is -0.211 e. The first-order valence-corrected chi connectivity index (χ1v) is 8.43. The summed E-state index contributed by atoms with van der Waals surface area (Å²) in [6.07, 6.45) is 2.47. The van der Waals surface area contributed by atoms with Crippen LogP contribution >= 0.6 is 15.9 Å². The molecule has 1 N–H and O–H groups in total. The Morgan fingerprint density at radius 1 is 1.44 bits per heavy atom. The first-order chi connectivity index (χ1) is 8.40. The summed E-state index contributed by atoms with van der Waals surface area (Å²) in [5, 5.41) is 0. The molecular weight excluding hydrogens is 314 g/mol. The summed E-state index contributed by atoms with van der Waals surface area (Å²) in [6, 6.07) is 5.09. The van der Waals surface area contributed by atoms with Crippen LogP contribution in [-0.4, -0.2) is 15.0 Å². The number of hydrogen-bond donors (Lipinski definition) is 1. The maximum atomic E-state index is 12.1. The molecule has 100 valence electrons. The van der Waals surface area contributed by atoms with Crippen LogP contribution in [0.1, 0.15) is 25.3 Å². The smallest absolute Gasteiger partial charge is 0.211 e. The molecule has 0 spiro atoms. The molecule has 0 aliphatic heterocycles. The first kappa shape index (κ1) is 14.0. The molecule has 0 saturated heterocycles. The third-order valence-electron chi connectivity index (χ3n) is 3.46. The Hall–Kier alpha value is -0.390. The number of benzene rings is 1. The zero-order valence-electron chi connectivity index (χ0n) is 10.6. The van der Waals surface area contributed by atoms with Gasteiger partial charge >= 0.3 is 0 Å². The summed E-state index contributed by atoms with van der Waals surface area (Å²) in [6.45, 7) is 4.52. The van der Waals surface area contributed by atoms with E-state index >= 15 is 0 Å². The molecular formula is C13H18BrNO2S. The van der Waals surface area contributed by atoms with E-state index < -0.39 is 10.0 Å². The van der Waals surface area contributed by atoms with Crippen molar-refractivity contribution in [1.82, 2.24) is 4.72 Å². The van der Waals surface area contributed by atoms with Gasteiger partial charge in [0.25, 0.3) is 0 Å². The minimum absolute atomic E-state index is 0.339. The van der Waals surface area contributed by atoms with Crippen LogP contribution in [0.4, 0.5) is 0 Å². The lowest BCUT2D eigenvalue weighted by molar-refractivity contribution is 0.492. The lowest BCUT2D eigenvalue weighted by atomic mass is 10.1. The number of sulfonamides is 1. The van der Waals surface area contributed by atoms with Crippen LogP contribution in [-0.2, 0) is 10.0 Å². The van der Waals surface area contributed by atoms with Crippen molar-refractivity contribution in [3.63, 3.8) is 0 Å². The highest BCUT2D eigenvalue weighted by Crippen LogP contribution is 2.36. The Bertz CT molecular complexity index is 538. The van der Waals surface area contributed by atoms with Crippen molar-refractivity contribution in [2.24, 2.45) is 11.8 Å². The van der Waals surface area contributed by atoms with Crippen LogP contribution in [0.5, 0.6) is 0 Å². The van der Waals surface area contributed by atoms with Crippen LogP contribution in [0.25, 0.3) is 0 Å². The predicted octanol–water partition coefficient (Wildman–Crippen LogP) is 3.08. The molecule has 0 amide bonds. The molecule has 0 radical (unpaired) electrons. The van der Waals surface area contributed by atoms with Crippen molar-refractivity contribution in [2.45, 2.75) is 31.6 Å². The van der Waals surface area contributed by atoms with Gasteiger partial charge in [-0.25, -0.2) is 13.1 Å². The topological polar surface area (TPSA) is 46.2 Å². The van der Waals surface area contributed by atoms with Crippen molar-refractivity contribution in [3.05, 3.63) is 28.2 Å². The minimum atomic E-state index is -3.37. The van der Waals surface area contributed by atoms with Gasteiger partial charge in [0.15, 0.2) is 0 Å². The van der Waals surface area contributed by atoms with E-state index in [4.69, 9.17) is 0 Å². The Morgan fingerprint density at radius 2 is 2.11 bits per heavy atom. The normalized spacial score (nSPS) is 17.7. The number of hydrogen-bond acceptors (Lipinski definition) is 2. The summed E-state index contributed by atoms with van der Waals surface area (Å²) in [5.74, 6) is 1.13. The second kappa shape index (κ2) is 5.31. The SMILES string of the molecule is Cc1cc(S(=O)(=O)NCC(C)C2CC2)ccc1Br. The van der Waals surface area contributed by atoms with Crippen LogP contribution in [0.3, 0.4) is 0 Å². The quantitative estimate of drug-likeness (QED) is 0.901. The van der Waals surface area contributed by atoms with Crippen LogP contribution in [0, 0.1) is 18.8 Å². The van der Waals surface area contributed by atoms with E-state index in [1.807, 2.05) is 6.92 Å². The second-order valence-corrected chi connectivity index (χ2v) is 7.70. The fourth-order valence-electron chi connectivity index (χ4n) is 1.94. The van der Waals surface area contributed by atoms with E-state index in [1.54, 1.807) is 18.2 Å². The highest BCUT2D eigenvalue weighted by atomic mass is 79.9. The molecule has 1 aromatic rings. The van der Waals surface area contributed by atoms with Crippen molar-refractivity contribution in [1.29, 1.82) is 0 Å². The molecule has 1 aromatic carbocycles. The molecule has 1 unspecified atom stereocenters. The molecule has 0 aromatic heterocycles. The van der Waals surface area contributed by atoms with Crippen LogP contribution in [0.15, 0.2) is 27.6 Å². The number of halogens is 1. The molecule has 1 aliphatic carbocycles. The average molecular weight is 332 g/mol. The summed E-state index contributed by atoms with van der Waals surface area (Å²) < 4.78 is 27.9. The van der Waals surface area contributed by atoms with E-state index in [0.717, 1.165) is 10.0 Å². The Balaban J connectivity index is 2.07. The molecule has 18 heavy (non-hydrogen) atoms. The fourth-order valence-corrected chi connectivity index (χ4v) is 3.42. The number of rotatable bonds is 5. The number of nitrogens with one attached hydrogen (secondary N) is 1. The fraction of sp³-hybridized carbons (Fsp3) is 0.538. The number of aryl methyl sites for hydroxylation is 1. The third-order valence-corrected chi connectivity index (χ3v) is 5.77. The first-order valence-electron chi connectivity index (χ1n) is 6.16. The van der Waals surface area contributed by atoms with Crippen LogP contribution < -0.4 is 4.72 Å². The monoisotopic (exact) mass is 331 g/mol. The van der Waals surface area contributed by atoms with Gasteiger partial charge in [-0.15, -0.1) is 0 Å². The highest BCUT2D eigenvalue weighted by Gasteiger charge is 2.28. The Morgan fingerprint density at radius 3 is 2.67 bits per heavy atom. The standard InChI is InChI=1S/C13H18BrNO2S/c1-9-7-12(5-6-13(9)14)18(16,17)15-8-10(2)11-3-4-11/h5-7,10-11,15H,3-4,8H2,1-2H3. The van der Waals surface area contributed by atoms with E-state index in [-0.39, 0.29) is 0 Å². The van der Waals surface area contributed by atoms with E-state index in [1.165, 1.54) is 12.8 Å². The zero-order chi connectivity index (χ0) is 13.3. The third kappa shape index (κ3) is 3.33. The van der Waals surface area contributed by atoms with E-state index in [9.17, 15) is 8.42 Å². The molecule has 5 heteroatoms. The lowest BCUT2D eigenvalue weighted by Crippen LogP contribution is -2.29. The predicted molar refractivity (Wildman–Crippen MR) is 76.0 cm³/mol. The Labute approximate surface area is 117 Å². The van der Waals surface area contributed by atoms with Gasteiger partial charge in [0.05, 0.1) is 4.90 Å². The molecule has 0 heterocycles. The summed E-state index contributed by atoms with van der Waals surface area (Å²) in [4.78, 5) is 0.339. The van der Waals surface area contributed by atoms with Gasteiger partial charge in [0, 0.05) is 11.0 Å². The van der Waals surface area contributed by atoms with Crippen molar-refractivity contribution in [3.8, 4) is 0 Å². The van der Waals surface area contributed by atoms with Gasteiger partial charge in [0.1, 0.15) is 0 Å². The average Bonchev–Trinajstić information content (AvgIpc) is 3.13. The molecule has 1 fully saturated rings. The highest BCUT2D eigenvalue weighted by molar-refractivity contribution is 9.10. The van der Waals surface area contributed by atoms with Crippen molar-refractivity contribution in [2.75, 3.05) is 6.54 Å². The summed E-state index contributed by atoms with van der Waals surface area (Å²) in [7, 11) is -3.37. The van der Waals surface area contributed by atoms with Gasteiger partial charge in [-0.1, -0.05) is 22.9 Å². The zero-order valence-corrected chi connectivity index (χ0v) is 13.0. The maximum Gasteiger partial charge on any atom is 0.240 e. The van der Waals surface area contributed by atoms with Gasteiger partial charge in [0.2, 0.25) is 10.0 Å². The molecule has 3 nitrogen and oxygen atoms in total. The van der Waals surface area contributed by atoms with Crippen LogP contribution in [0.2, 0.25) is 0 Å². The van der Waals surface area contributed by atoms with Gasteiger partial charge in [-0.2, -0.15) is 0 Å². The van der Waals surface area contributed by atoms with Gasteiger partial charge < -0.3 is 0 Å². The van der Waals surface area contributed by atoms with Crippen molar-refractivity contribution >= 4 is 26.0 Å². The molecule has 1 saturated carbocycles. The molecule has 1 atom stereocenters. The summed E-state index contributed by atoms with van der Waals surface area (Å²) >= 11 is 3.37. The molecule has 0 bridgehead atoms. The summed E-state index contributed by atoms with van der Waals surface area (Å²) in [5.41, 5.74) is 0.924. The van der Waals surface area contributed by atoms with E-state index in [0.29, 0.717) is 23.3 Å². The van der Waals surface area contributed by atoms with Gasteiger partial charge in [-0.05, 0) is 55.4 Å². The van der Waals surface area contributed by atoms with E-state index in [2.05, 4.69) is 27.6 Å². The van der Waals surface area contributed by atoms with Gasteiger partial charge in [-0.3, -0.25) is 0 Å². The van der Waals surface area contributed by atoms with Crippen molar-refractivity contribution < 1.29 is 8.42 Å². The lowest BCUT2D eigenvalue weighted by Gasteiger charge is -2.12. The Kier molecular flexibility index (Phi) is 4.14.